The maximum atomic E-state index is 13.6. The van der Waals surface area contributed by atoms with E-state index in [-0.39, 0.29) is 30.1 Å². The van der Waals surface area contributed by atoms with Gasteiger partial charge in [-0.05, 0) is 62.3 Å². The van der Waals surface area contributed by atoms with E-state index in [9.17, 15) is 9.59 Å². The molecule has 2 heterocycles. The quantitative estimate of drug-likeness (QED) is 0.582. The van der Waals surface area contributed by atoms with E-state index in [1.54, 1.807) is 16.2 Å². The van der Waals surface area contributed by atoms with Crippen molar-refractivity contribution in [1.29, 1.82) is 0 Å². The lowest BCUT2D eigenvalue weighted by molar-refractivity contribution is -0.135. The van der Waals surface area contributed by atoms with Crippen molar-refractivity contribution < 1.29 is 14.3 Å². The summed E-state index contributed by atoms with van der Waals surface area (Å²) < 4.78 is 6.07. The Balaban J connectivity index is 1.77. The van der Waals surface area contributed by atoms with Gasteiger partial charge in [0.15, 0.2) is 0 Å². The first-order valence-electron chi connectivity index (χ1n) is 11.8. The molecule has 1 aliphatic rings. The number of fused-ring (bicyclic) bond motifs is 1. The Morgan fingerprint density at radius 2 is 1.97 bits per heavy atom. The monoisotopic (exact) mass is 471 g/mol. The molecule has 2 atom stereocenters. The second-order valence-electron chi connectivity index (χ2n) is 9.85. The van der Waals surface area contributed by atoms with E-state index >= 15 is 0 Å². The highest BCUT2D eigenvalue weighted by atomic mass is 32.1. The minimum Gasteiger partial charge on any atom is -0.491 e. The lowest BCUT2D eigenvalue weighted by Gasteiger charge is -2.37. The zero-order valence-corrected chi connectivity index (χ0v) is 21.3. The highest BCUT2D eigenvalue weighted by Crippen LogP contribution is 2.34. The molecule has 0 unspecified atom stereocenters. The zero-order valence-electron chi connectivity index (χ0n) is 20.5. The number of amides is 3. The molecule has 1 aliphatic heterocycles. The van der Waals surface area contributed by atoms with Crippen LogP contribution in [0.3, 0.4) is 0 Å². The van der Waals surface area contributed by atoms with Crippen LogP contribution < -0.4 is 10.1 Å². The number of rotatable bonds is 8. The predicted molar refractivity (Wildman–Crippen MR) is 134 cm³/mol. The summed E-state index contributed by atoms with van der Waals surface area (Å²) in [5, 5.41) is 5.10. The maximum absolute atomic E-state index is 13.6. The standard InChI is InChI=1S/C26H37N3O3S/c1-6-19(2)16-28(25(31)27-26(3,4)5)17-24(30)29-14-12-23-21(13-15-33-23)22(29)18-32-20-10-8-7-9-11-20/h7-11,13,15,19,22H,6,12,14,16-18H2,1-5H3,(H,27,31)/t19-,22-/m0/s1. The Kier molecular flexibility index (Phi) is 8.40. The molecular weight excluding hydrogens is 434 g/mol. The molecule has 0 spiro atoms. The van der Waals surface area contributed by atoms with Gasteiger partial charge in [-0.3, -0.25) is 4.79 Å². The van der Waals surface area contributed by atoms with E-state index in [0.717, 1.165) is 24.2 Å². The first-order chi connectivity index (χ1) is 15.7. The van der Waals surface area contributed by atoms with Gasteiger partial charge in [-0.15, -0.1) is 11.3 Å². The van der Waals surface area contributed by atoms with E-state index < -0.39 is 0 Å². The van der Waals surface area contributed by atoms with Gasteiger partial charge in [-0.1, -0.05) is 38.5 Å². The molecule has 2 aromatic rings. The van der Waals surface area contributed by atoms with Crippen LogP contribution in [0.1, 0.15) is 57.5 Å². The van der Waals surface area contributed by atoms with Gasteiger partial charge in [0.05, 0.1) is 6.04 Å². The average molecular weight is 472 g/mol. The molecule has 3 rings (SSSR count). The van der Waals surface area contributed by atoms with Crippen LogP contribution in [0.4, 0.5) is 4.79 Å². The second-order valence-corrected chi connectivity index (χ2v) is 10.9. The van der Waals surface area contributed by atoms with Gasteiger partial charge >= 0.3 is 6.03 Å². The van der Waals surface area contributed by atoms with Crippen LogP contribution in [0.15, 0.2) is 41.8 Å². The summed E-state index contributed by atoms with van der Waals surface area (Å²) in [5.74, 6) is 1.06. The third-order valence-electron chi connectivity index (χ3n) is 5.89. The number of urea groups is 1. The molecule has 1 aromatic carbocycles. The van der Waals surface area contributed by atoms with Crippen LogP contribution in [0.2, 0.25) is 0 Å². The number of ether oxygens (including phenoxy) is 1. The van der Waals surface area contributed by atoms with Gasteiger partial charge in [0.1, 0.15) is 18.9 Å². The molecule has 0 aliphatic carbocycles. The average Bonchev–Trinajstić information content (AvgIpc) is 3.25. The number of hydrogen-bond acceptors (Lipinski definition) is 4. The molecule has 7 heteroatoms. The smallest absolute Gasteiger partial charge is 0.318 e. The predicted octanol–water partition coefficient (Wildman–Crippen LogP) is 5.11. The Labute approximate surface area is 201 Å². The fourth-order valence-electron chi connectivity index (χ4n) is 3.95. The van der Waals surface area contributed by atoms with Gasteiger partial charge in [0, 0.05) is 23.5 Å². The van der Waals surface area contributed by atoms with Gasteiger partial charge < -0.3 is 19.9 Å². The van der Waals surface area contributed by atoms with Crippen LogP contribution in [0, 0.1) is 5.92 Å². The fraction of sp³-hybridized carbons (Fsp3) is 0.538. The van der Waals surface area contributed by atoms with E-state index in [1.807, 2.05) is 56.0 Å². The lowest BCUT2D eigenvalue weighted by Crippen LogP contribution is -2.53. The first-order valence-corrected chi connectivity index (χ1v) is 12.7. The Hall–Kier alpha value is -2.54. The van der Waals surface area contributed by atoms with Crippen molar-refractivity contribution in [3.63, 3.8) is 0 Å². The van der Waals surface area contributed by atoms with Crippen molar-refractivity contribution >= 4 is 23.3 Å². The molecule has 0 saturated carbocycles. The van der Waals surface area contributed by atoms with Crippen molar-refractivity contribution in [3.8, 4) is 5.75 Å². The number of carbonyl (C=O) groups is 2. The van der Waals surface area contributed by atoms with Gasteiger partial charge in [-0.25, -0.2) is 4.79 Å². The minimum atomic E-state index is -0.364. The molecular formula is C26H37N3O3S. The molecule has 180 valence electrons. The van der Waals surface area contributed by atoms with Crippen LogP contribution in [-0.2, 0) is 11.2 Å². The summed E-state index contributed by atoms with van der Waals surface area (Å²) in [4.78, 5) is 31.4. The lowest BCUT2D eigenvalue weighted by atomic mass is 10.00. The van der Waals surface area contributed by atoms with E-state index in [1.165, 1.54) is 4.88 Å². The normalized spacial score (nSPS) is 16.6. The molecule has 1 N–H and O–H groups in total. The molecule has 33 heavy (non-hydrogen) atoms. The SMILES string of the molecule is CC[C@H](C)CN(CC(=O)N1CCc2sccc2[C@@H]1COc1ccccc1)C(=O)NC(C)(C)C. The van der Waals surface area contributed by atoms with Crippen LogP contribution >= 0.6 is 11.3 Å². The third kappa shape index (κ3) is 6.97. The number of hydrogen-bond donors (Lipinski definition) is 1. The molecule has 0 radical (unpaired) electrons. The van der Waals surface area contributed by atoms with Crippen molar-refractivity contribution in [1.82, 2.24) is 15.1 Å². The Morgan fingerprint density at radius 3 is 2.64 bits per heavy atom. The maximum Gasteiger partial charge on any atom is 0.318 e. The summed E-state index contributed by atoms with van der Waals surface area (Å²) in [7, 11) is 0. The fourth-order valence-corrected chi connectivity index (χ4v) is 4.87. The number of nitrogens with zero attached hydrogens (tertiary/aromatic N) is 2. The minimum absolute atomic E-state index is 0.0409. The summed E-state index contributed by atoms with van der Waals surface area (Å²) in [6.07, 6.45) is 1.78. The summed E-state index contributed by atoms with van der Waals surface area (Å²) in [5.41, 5.74) is 0.791. The van der Waals surface area contributed by atoms with Crippen molar-refractivity contribution in [2.45, 2.75) is 59.0 Å². The van der Waals surface area contributed by atoms with Gasteiger partial charge in [-0.2, -0.15) is 0 Å². The zero-order chi connectivity index (χ0) is 24.0. The largest absolute Gasteiger partial charge is 0.491 e. The van der Waals surface area contributed by atoms with Gasteiger partial charge in [0.2, 0.25) is 5.91 Å². The van der Waals surface area contributed by atoms with E-state index in [4.69, 9.17) is 4.74 Å². The van der Waals surface area contributed by atoms with Crippen LogP contribution in [0.25, 0.3) is 0 Å². The molecule has 1 aromatic heterocycles. The Morgan fingerprint density at radius 1 is 1.24 bits per heavy atom. The highest BCUT2D eigenvalue weighted by Gasteiger charge is 2.34. The number of nitrogens with one attached hydrogen (secondary N) is 1. The topological polar surface area (TPSA) is 61.9 Å². The summed E-state index contributed by atoms with van der Waals surface area (Å²) >= 11 is 1.73. The van der Waals surface area contributed by atoms with E-state index in [0.29, 0.717) is 25.6 Å². The van der Waals surface area contributed by atoms with Crippen LogP contribution in [0.5, 0.6) is 5.75 Å². The van der Waals surface area contributed by atoms with Gasteiger partial charge in [0.25, 0.3) is 0 Å². The molecule has 0 fully saturated rings. The summed E-state index contributed by atoms with van der Waals surface area (Å²) in [6, 6.07) is 11.4. The van der Waals surface area contributed by atoms with Crippen molar-refractivity contribution in [2.75, 3.05) is 26.2 Å². The van der Waals surface area contributed by atoms with E-state index in [2.05, 4.69) is 30.6 Å². The van der Waals surface area contributed by atoms with Crippen molar-refractivity contribution in [2.24, 2.45) is 5.92 Å². The third-order valence-corrected chi connectivity index (χ3v) is 6.89. The number of thiophene rings is 1. The van der Waals surface area contributed by atoms with Crippen molar-refractivity contribution in [3.05, 3.63) is 52.2 Å². The summed E-state index contributed by atoms with van der Waals surface area (Å²) in [6.45, 7) is 11.7. The number of benzene rings is 1. The second kappa shape index (κ2) is 11.1. The molecule has 6 nitrogen and oxygen atoms in total. The molecule has 3 amide bonds. The molecule has 0 bridgehead atoms. The number of carbonyl (C=O) groups excluding carboxylic acids is 2. The first kappa shape index (κ1) is 25.1. The van der Waals surface area contributed by atoms with Crippen LogP contribution in [-0.4, -0.2) is 53.5 Å². The highest BCUT2D eigenvalue weighted by molar-refractivity contribution is 7.10. The number of para-hydroxylation sites is 1. The molecule has 0 saturated heterocycles. The Bertz CT molecular complexity index is 922.